The van der Waals surface area contributed by atoms with E-state index in [1.807, 2.05) is 0 Å². The standard InChI is InChI=1S/C17H21ClFNO4/c1-16(23)6-9-24-17(15(16)22)4-7-20(8-5-17)14(21)11-2-3-13(19)12(18)10-11/h2-3,10,15,22-23H,4-9H2,1H3/t15-,16+/m0/s1. The number of hydrogen-bond donors (Lipinski definition) is 2. The maximum Gasteiger partial charge on any atom is 0.253 e. The fraction of sp³-hybridized carbons (Fsp3) is 0.588. The second kappa shape index (κ2) is 6.26. The lowest BCUT2D eigenvalue weighted by Crippen LogP contribution is -2.64. The van der Waals surface area contributed by atoms with E-state index in [1.165, 1.54) is 18.2 Å². The fourth-order valence-corrected chi connectivity index (χ4v) is 3.74. The van der Waals surface area contributed by atoms with E-state index in [1.54, 1.807) is 11.8 Å². The molecule has 3 rings (SSSR count). The Bertz CT molecular complexity index is 643. The summed E-state index contributed by atoms with van der Waals surface area (Å²) in [4.78, 5) is 14.2. The molecule has 2 saturated heterocycles. The molecular weight excluding hydrogens is 337 g/mol. The minimum atomic E-state index is -1.19. The van der Waals surface area contributed by atoms with Crippen LogP contribution >= 0.6 is 11.6 Å². The van der Waals surface area contributed by atoms with Gasteiger partial charge >= 0.3 is 0 Å². The average Bonchev–Trinajstić information content (AvgIpc) is 2.55. The van der Waals surface area contributed by atoms with E-state index in [0.717, 1.165) is 0 Å². The molecule has 1 aromatic carbocycles. The van der Waals surface area contributed by atoms with Gasteiger partial charge in [-0.3, -0.25) is 4.79 Å². The normalized spacial score (nSPS) is 29.7. The minimum Gasteiger partial charge on any atom is -0.387 e. The van der Waals surface area contributed by atoms with Crippen molar-refractivity contribution in [3.63, 3.8) is 0 Å². The molecule has 7 heteroatoms. The molecule has 0 radical (unpaired) electrons. The molecule has 0 aliphatic carbocycles. The number of ether oxygens (including phenoxy) is 1. The molecule has 2 heterocycles. The zero-order valence-electron chi connectivity index (χ0n) is 13.5. The number of carbonyl (C=O) groups is 1. The van der Waals surface area contributed by atoms with Crippen LogP contribution in [-0.2, 0) is 4.74 Å². The Labute approximate surface area is 145 Å². The van der Waals surface area contributed by atoms with Crippen LogP contribution in [0.25, 0.3) is 0 Å². The van der Waals surface area contributed by atoms with E-state index < -0.39 is 23.1 Å². The Morgan fingerprint density at radius 1 is 1.38 bits per heavy atom. The third kappa shape index (κ3) is 3.04. The van der Waals surface area contributed by atoms with Crippen molar-refractivity contribution in [3.05, 3.63) is 34.6 Å². The molecule has 2 aliphatic heterocycles. The number of aliphatic hydroxyl groups excluding tert-OH is 1. The van der Waals surface area contributed by atoms with Crippen LogP contribution in [0, 0.1) is 5.82 Å². The van der Waals surface area contributed by atoms with Gasteiger partial charge in [-0.15, -0.1) is 0 Å². The van der Waals surface area contributed by atoms with E-state index in [-0.39, 0.29) is 10.9 Å². The molecule has 2 aliphatic rings. The highest BCUT2D eigenvalue weighted by Gasteiger charge is 2.52. The minimum absolute atomic E-state index is 0.0867. The zero-order valence-corrected chi connectivity index (χ0v) is 14.2. The molecule has 0 saturated carbocycles. The third-order valence-corrected chi connectivity index (χ3v) is 5.44. The van der Waals surface area contributed by atoms with Gasteiger partial charge < -0.3 is 19.8 Å². The van der Waals surface area contributed by atoms with Crippen LogP contribution in [0.5, 0.6) is 0 Å². The van der Waals surface area contributed by atoms with Crippen molar-refractivity contribution in [2.24, 2.45) is 0 Å². The van der Waals surface area contributed by atoms with Crippen LogP contribution in [0.3, 0.4) is 0 Å². The Kier molecular flexibility index (Phi) is 4.59. The maximum absolute atomic E-state index is 13.2. The number of hydrogen-bond acceptors (Lipinski definition) is 4. The first-order valence-corrected chi connectivity index (χ1v) is 8.42. The van der Waals surface area contributed by atoms with E-state index in [4.69, 9.17) is 16.3 Å². The Morgan fingerprint density at radius 3 is 2.67 bits per heavy atom. The van der Waals surface area contributed by atoms with Crippen LogP contribution < -0.4 is 0 Å². The lowest BCUT2D eigenvalue weighted by Gasteiger charge is -2.51. The third-order valence-electron chi connectivity index (χ3n) is 5.15. The average molecular weight is 358 g/mol. The van der Waals surface area contributed by atoms with Gasteiger partial charge in [-0.1, -0.05) is 11.6 Å². The number of carbonyl (C=O) groups excluding carboxylic acids is 1. The fourth-order valence-electron chi connectivity index (χ4n) is 3.56. The van der Waals surface area contributed by atoms with Crippen molar-refractivity contribution in [2.45, 2.75) is 43.5 Å². The Morgan fingerprint density at radius 2 is 2.04 bits per heavy atom. The number of rotatable bonds is 1. The SMILES string of the molecule is C[C@@]1(O)CCOC2(CCN(C(=O)c3ccc(F)c(Cl)c3)CC2)[C@H]1O. The van der Waals surface area contributed by atoms with Gasteiger partial charge in [0.1, 0.15) is 17.5 Å². The van der Waals surface area contributed by atoms with Crippen molar-refractivity contribution in [1.29, 1.82) is 0 Å². The number of nitrogens with zero attached hydrogens (tertiary/aromatic N) is 1. The molecule has 132 valence electrons. The molecule has 0 unspecified atom stereocenters. The summed E-state index contributed by atoms with van der Waals surface area (Å²) in [5, 5.41) is 20.7. The summed E-state index contributed by atoms with van der Waals surface area (Å²) in [5.41, 5.74) is -1.68. The first-order valence-electron chi connectivity index (χ1n) is 8.04. The molecule has 2 fully saturated rings. The molecule has 1 spiro atoms. The van der Waals surface area contributed by atoms with Gasteiger partial charge in [0, 0.05) is 25.1 Å². The maximum atomic E-state index is 13.2. The van der Waals surface area contributed by atoms with Crippen molar-refractivity contribution in [2.75, 3.05) is 19.7 Å². The predicted octanol–water partition coefficient (Wildman–Crippen LogP) is 1.99. The highest BCUT2D eigenvalue weighted by atomic mass is 35.5. The monoisotopic (exact) mass is 357 g/mol. The van der Waals surface area contributed by atoms with Gasteiger partial charge in [-0.05, 0) is 38.0 Å². The van der Waals surface area contributed by atoms with Gasteiger partial charge in [0.2, 0.25) is 0 Å². The van der Waals surface area contributed by atoms with E-state index in [0.29, 0.717) is 44.5 Å². The van der Waals surface area contributed by atoms with Crippen LogP contribution in [0.15, 0.2) is 18.2 Å². The Balaban J connectivity index is 1.70. The summed E-state index contributed by atoms with van der Waals surface area (Å²) in [6, 6.07) is 3.90. The lowest BCUT2D eigenvalue weighted by molar-refractivity contribution is -0.244. The summed E-state index contributed by atoms with van der Waals surface area (Å²) in [6.45, 7) is 2.77. The highest BCUT2D eigenvalue weighted by molar-refractivity contribution is 6.31. The van der Waals surface area contributed by atoms with Gasteiger partial charge in [0.05, 0.1) is 17.2 Å². The summed E-state index contributed by atoms with van der Waals surface area (Å²) in [6.07, 6.45) is 0.263. The van der Waals surface area contributed by atoms with Gasteiger partial charge in [0.25, 0.3) is 5.91 Å². The smallest absolute Gasteiger partial charge is 0.253 e. The van der Waals surface area contributed by atoms with E-state index in [2.05, 4.69) is 0 Å². The molecule has 5 nitrogen and oxygen atoms in total. The topological polar surface area (TPSA) is 70.0 Å². The van der Waals surface area contributed by atoms with Crippen molar-refractivity contribution in [1.82, 2.24) is 4.90 Å². The lowest BCUT2D eigenvalue weighted by atomic mass is 9.75. The summed E-state index contributed by atoms with van der Waals surface area (Å²) in [5.74, 6) is -0.796. The van der Waals surface area contributed by atoms with Gasteiger partial charge in [-0.25, -0.2) is 4.39 Å². The molecule has 1 aromatic rings. The largest absolute Gasteiger partial charge is 0.387 e. The number of amides is 1. The first-order chi connectivity index (χ1) is 11.3. The zero-order chi connectivity index (χ0) is 17.5. The van der Waals surface area contributed by atoms with Gasteiger partial charge in [0.15, 0.2) is 0 Å². The first kappa shape index (κ1) is 17.6. The summed E-state index contributed by atoms with van der Waals surface area (Å²) < 4.78 is 19.0. The van der Waals surface area contributed by atoms with Crippen LogP contribution in [-0.4, -0.2) is 58.0 Å². The quantitative estimate of drug-likeness (QED) is 0.806. The number of halogens is 2. The van der Waals surface area contributed by atoms with Crippen molar-refractivity contribution >= 4 is 17.5 Å². The van der Waals surface area contributed by atoms with Crippen molar-refractivity contribution in [3.8, 4) is 0 Å². The second-order valence-electron chi connectivity index (χ2n) is 6.84. The number of aliphatic hydroxyl groups is 2. The van der Waals surface area contributed by atoms with E-state index in [9.17, 15) is 19.4 Å². The molecule has 24 heavy (non-hydrogen) atoms. The molecular formula is C17H21ClFNO4. The van der Waals surface area contributed by atoms with Gasteiger partial charge in [-0.2, -0.15) is 0 Å². The summed E-state index contributed by atoms with van der Waals surface area (Å²) in [7, 11) is 0. The number of benzene rings is 1. The number of likely N-dealkylation sites (tertiary alicyclic amines) is 1. The predicted molar refractivity (Wildman–Crippen MR) is 86.5 cm³/mol. The number of piperidine rings is 1. The molecule has 2 N–H and O–H groups in total. The van der Waals surface area contributed by atoms with Crippen LogP contribution in [0.4, 0.5) is 4.39 Å². The molecule has 0 aromatic heterocycles. The molecule has 2 atom stereocenters. The Hall–Kier alpha value is -1.21. The van der Waals surface area contributed by atoms with E-state index >= 15 is 0 Å². The van der Waals surface area contributed by atoms with Crippen LogP contribution in [0.1, 0.15) is 36.5 Å². The van der Waals surface area contributed by atoms with Crippen LogP contribution in [0.2, 0.25) is 5.02 Å². The highest BCUT2D eigenvalue weighted by Crippen LogP contribution is 2.40. The second-order valence-corrected chi connectivity index (χ2v) is 7.25. The van der Waals surface area contributed by atoms with Crippen molar-refractivity contribution < 1.29 is 24.1 Å². The molecule has 1 amide bonds. The molecule has 0 bridgehead atoms. The summed E-state index contributed by atoms with van der Waals surface area (Å²) >= 11 is 5.74.